The zero-order valence-electron chi connectivity index (χ0n) is 9.38. The minimum absolute atomic E-state index is 0.628. The molecule has 1 unspecified atom stereocenters. The van der Waals surface area contributed by atoms with Gasteiger partial charge in [-0.2, -0.15) is 0 Å². The van der Waals surface area contributed by atoms with Crippen molar-refractivity contribution in [3.05, 3.63) is 62.9 Å². The van der Waals surface area contributed by atoms with E-state index in [2.05, 4.69) is 20.9 Å². The maximum Gasteiger partial charge on any atom is 0.116 e. The number of thiophene rings is 1. The largest absolute Gasteiger partial charge is 0.383 e. The lowest BCUT2D eigenvalue weighted by Gasteiger charge is -2.10. The Morgan fingerprint density at radius 2 is 2.06 bits per heavy atom. The van der Waals surface area contributed by atoms with Gasteiger partial charge in [0.25, 0.3) is 0 Å². The number of fused-ring (bicyclic) bond motifs is 1. The molecule has 1 aromatic carbocycles. The highest BCUT2D eigenvalue weighted by Crippen LogP contribution is 2.33. The number of rotatable bonds is 2. The predicted octanol–water partition coefficient (Wildman–Crippen LogP) is 4.14. The molecular formula is C14H10BrNOS. The quantitative estimate of drug-likeness (QED) is 0.770. The summed E-state index contributed by atoms with van der Waals surface area (Å²) in [5.74, 6) is 0. The van der Waals surface area contributed by atoms with Gasteiger partial charge in [0, 0.05) is 21.6 Å². The Kier molecular flexibility index (Phi) is 3.16. The number of aliphatic hydroxyl groups excluding tert-OH is 1. The van der Waals surface area contributed by atoms with Crippen molar-refractivity contribution >= 4 is 38.2 Å². The second kappa shape index (κ2) is 4.80. The van der Waals surface area contributed by atoms with Crippen LogP contribution in [0.4, 0.5) is 0 Å². The van der Waals surface area contributed by atoms with E-state index in [0.29, 0.717) is 0 Å². The molecule has 0 aliphatic carbocycles. The molecule has 0 radical (unpaired) electrons. The predicted molar refractivity (Wildman–Crippen MR) is 77.8 cm³/mol. The summed E-state index contributed by atoms with van der Waals surface area (Å²) in [7, 11) is 0. The van der Waals surface area contributed by atoms with Gasteiger partial charge in [-0.25, -0.2) is 0 Å². The Morgan fingerprint density at radius 3 is 2.83 bits per heavy atom. The van der Waals surface area contributed by atoms with Gasteiger partial charge in [-0.05, 0) is 39.5 Å². The first-order valence-electron chi connectivity index (χ1n) is 5.51. The van der Waals surface area contributed by atoms with Gasteiger partial charge in [-0.3, -0.25) is 4.98 Å². The highest BCUT2D eigenvalue weighted by atomic mass is 79.9. The molecule has 0 aliphatic rings. The van der Waals surface area contributed by atoms with Crippen LogP contribution in [0.1, 0.15) is 16.5 Å². The van der Waals surface area contributed by atoms with Crippen LogP contribution in [0.2, 0.25) is 0 Å². The third kappa shape index (κ3) is 2.07. The topological polar surface area (TPSA) is 33.1 Å². The van der Waals surface area contributed by atoms with Crippen molar-refractivity contribution in [1.82, 2.24) is 4.98 Å². The summed E-state index contributed by atoms with van der Waals surface area (Å²) in [5.41, 5.74) is 1.76. The van der Waals surface area contributed by atoms with E-state index in [0.717, 1.165) is 25.8 Å². The minimum Gasteiger partial charge on any atom is -0.383 e. The Bertz CT molecular complexity index is 695. The van der Waals surface area contributed by atoms with Gasteiger partial charge < -0.3 is 5.11 Å². The number of nitrogens with zero attached hydrogens (tertiary/aromatic N) is 1. The highest BCUT2D eigenvalue weighted by Gasteiger charge is 2.15. The fraction of sp³-hybridized carbons (Fsp3) is 0.0714. The summed E-state index contributed by atoms with van der Waals surface area (Å²) in [4.78, 5) is 5.28. The maximum atomic E-state index is 10.4. The van der Waals surface area contributed by atoms with Crippen molar-refractivity contribution in [3.63, 3.8) is 0 Å². The lowest BCUT2D eigenvalue weighted by Crippen LogP contribution is -1.98. The third-order valence-corrected chi connectivity index (χ3v) is 4.74. The van der Waals surface area contributed by atoms with E-state index in [-0.39, 0.29) is 0 Å². The van der Waals surface area contributed by atoms with E-state index in [1.54, 1.807) is 6.20 Å². The molecule has 90 valence electrons. The number of pyridine rings is 1. The van der Waals surface area contributed by atoms with Gasteiger partial charge in [0.2, 0.25) is 0 Å². The maximum absolute atomic E-state index is 10.4. The molecule has 0 spiro atoms. The number of hydrogen-bond acceptors (Lipinski definition) is 3. The van der Waals surface area contributed by atoms with Crippen LogP contribution in [0, 0.1) is 0 Å². The normalized spacial score (nSPS) is 12.8. The van der Waals surface area contributed by atoms with Crippen molar-refractivity contribution in [3.8, 4) is 0 Å². The molecule has 0 fully saturated rings. The van der Waals surface area contributed by atoms with Crippen LogP contribution >= 0.6 is 27.3 Å². The van der Waals surface area contributed by atoms with Crippen molar-refractivity contribution < 1.29 is 5.11 Å². The minimum atomic E-state index is -0.628. The number of halogens is 1. The first kappa shape index (κ1) is 11.8. The van der Waals surface area contributed by atoms with Crippen LogP contribution < -0.4 is 0 Å². The molecule has 0 saturated heterocycles. The molecular weight excluding hydrogens is 310 g/mol. The zero-order valence-corrected chi connectivity index (χ0v) is 11.8. The molecule has 4 heteroatoms. The molecule has 0 saturated carbocycles. The van der Waals surface area contributed by atoms with E-state index >= 15 is 0 Å². The summed E-state index contributed by atoms with van der Waals surface area (Å²) in [6.45, 7) is 0. The van der Waals surface area contributed by atoms with Crippen LogP contribution in [0.5, 0.6) is 0 Å². The van der Waals surface area contributed by atoms with Crippen molar-refractivity contribution in [2.45, 2.75) is 6.10 Å². The van der Waals surface area contributed by atoms with E-state index in [4.69, 9.17) is 0 Å². The van der Waals surface area contributed by atoms with Gasteiger partial charge in [-0.15, -0.1) is 11.3 Å². The number of aliphatic hydroxyl groups is 1. The third-order valence-electron chi connectivity index (χ3n) is 2.82. The lowest BCUT2D eigenvalue weighted by molar-refractivity contribution is 0.223. The van der Waals surface area contributed by atoms with E-state index in [1.165, 1.54) is 11.3 Å². The summed E-state index contributed by atoms with van der Waals surface area (Å²) >= 11 is 4.98. The lowest BCUT2D eigenvalue weighted by atomic mass is 10.1. The molecule has 3 aromatic rings. The molecule has 3 rings (SSSR count). The molecule has 0 amide bonds. The Hall–Kier alpha value is -1.23. The molecule has 1 atom stereocenters. The highest BCUT2D eigenvalue weighted by molar-refractivity contribution is 9.10. The SMILES string of the molecule is OC(c1cnc2ccccc2c1)c1sccc1Br. The summed E-state index contributed by atoms with van der Waals surface area (Å²) in [6, 6.07) is 11.8. The molecule has 2 aromatic heterocycles. The van der Waals surface area contributed by atoms with Gasteiger partial charge in [0.15, 0.2) is 0 Å². The number of hydrogen-bond donors (Lipinski definition) is 1. The van der Waals surface area contributed by atoms with Gasteiger partial charge in [0.1, 0.15) is 6.10 Å². The van der Waals surface area contributed by atoms with Gasteiger partial charge >= 0.3 is 0 Å². The summed E-state index contributed by atoms with van der Waals surface area (Å²) in [5, 5.41) is 13.4. The monoisotopic (exact) mass is 319 g/mol. The zero-order chi connectivity index (χ0) is 12.5. The molecule has 0 bridgehead atoms. The average molecular weight is 320 g/mol. The molecule has 1 N–H and O–H groups in total. The second-order valence-electron chi connectivity index (χ2n) is 4.00. The fourth-order valence-electron chi connectivity index (χ4n) is 1.89. The van der Waals surface area contributed by atoms with Gasteiger partial charge in [0.05, 0.1) is 10.4 Å². The molecule has 0 aliphatic heterocycles. The number of aromatic nitrogens is 1. The van der Waals surface area contributed by atoms with Crippen LogP contribution in [-0.2, 0) is 0 Å². The fourth-order valence-corrected chi connectivity index (χ4v) is 3.49. The van der Waals surface area contributed by atoms with Crippen molar-refractivity contribution in [1.29, 1.82) is 0 Å². The Labute approximate surface area is 117 Å². The standard InChI is InChI=1S/C14H10BrNOS/c15-11-5-6-18-14(11)13(17)10-7-9-3-1-2-4-12(9)16-8-10/h1-8,13,17H. The van der Waals surface area contributed by atoms with Crippen LogP contribution in [0.25, 0.3) is 10.9 Å². The Balaban J connectivity index is 2.07. The molecule has 18 heavy (non-hydrogen) atoms. The summed E-state index contributed by atoms with van der Waals surface area (Å²) < 4.78 is 0.938. The van der Waals surface area contributed by atoms with Crippen LogP contribution in [0.3, 0.4) is 0 Å². The van der Waals surface area contributed by atoms with E-state index in [1.807, 2.05) is 41.8 Å². The van der Waals surface area contributed by atoms with Crippen molar-refractivity contribution in [2.75, 3.05) is 0 Å². The van der Waals surface area contributed by atoms with E-state index < -0.39 is 6.10 Å². The first-order chi connectivity index (χ1) is 8.75. The van der Waals surface area contributed by atoms with Crippen LogP contribution in [0.15, 0.2) is 52.4 Å². The van der Waals surface area contributed by atoms with Gasteiger partial charge in [-0.1, -0.05) is 18.2 Å². The smallest absolute Gasteiger partial charge is 0.116 e. The second-order valence-corrected chi connectivity index (χ2v) is 5.80. The van der Waals surface area contributed by atoms with Crippen molar-refractivity contribution in [2.24, 2.45) is 0 Å². The molecule has 2 heterocycles. The first-order valence-corrected chi connectivity index (χ1v) is 7.18. The average Bonchev–Trinajstić information content (AvgIpc) is 2.83. The van der Waals surface area contributed by atoms with Crippen LogP contribution in [-0.4, -0.2) is 10.1 Å². The Morgan fingerprint density at radius 1 is 1.22 bits per heavy atom. The number of para-hydroxylation sites is 1. The molecule has 2 nitrogen and oxygen atoms in total. The summed E-state index contributed by atoms with van der Waals surface area (Å²) in [6.07, 6.45) is 1.11. The number of benzene rings is 1. The van der Waals surface area contributed by atoms with E-state index in [9.17, 15) is 5.11 Å².